The Balaban J connectivity index is 4.42. The maximum Gasteiger partial charge on any atom is 0.472 e. The van der Waals surface area contributed by atoms with Gasteiger partial charge in [-0.25, -0.2) is 4.57 Å². The molecule has 0 spiro atoms. The molecule has 0 aromatic rings. The minimum Gasteiger partial charge on any atom is -0.462 e. The summed E-state index contributed by atoms with van der Waals surface area (Å²) in [4.78, 5) is 35.4. The Labute approximate surface area is 366 Å². The minimum absolute atomic E-state index is 0.0184. The Morgan fingerprint density at radius 2 is 0.900 bits per heavy atom. The van der Waals surface area contributed by atoms with E-state index in [1.54, 1.807) is 0 Å². The first kappa shape index (κ1) is 56.9. The predicted molar refractivity (Wildman–Crippen MR) is 252 cm³/mol. The highest BCUT2D eigenvalue weighted by Crippen LogP contribution is 2.43. The largest absolute Gasteiger partial charge is 0.472 e. The fourth-order valence-electron chi connectivity index (χ4n) is 5.58. The molecule has 1 N–H and O–H groups in total. The summed E-state index contributed by atoms with van der Waals surface area (Å²) in [6, 6.07) is 0. The number of hydrogen-bond donors (Lipinski definition) is 1. The minimum atomic E-state index is -4.39. The predicted octanol–water partition coefficient (Wildman–Crippen LogP) is 13.4. The number of phosphoric acid groups is 1. The maximum atomic E-state index is 12.7. The Morgan fingerprint density at radius 3 is 1.33 bits per heavy atom. The van der Waals surface area contributed by atoms with Gasteiger partial charge in [0.2, 0.25) is 0 Å². The molecule has 0 fully saturated rings. The zero-order valence-electron chi connectivity index (χ0n) is 38.4. The molecule has 0 rings (SSSR count). The Kier molecular flexibility index (Phi) is 39.2. The topological polar surface area (TPSA) is 108 Å². The molecule has 0 radical (unpaired) electrons. The summed E-state index contributed by atoms with van der Waals surface area (Å²) < 4.78 is 34.3. The zero-order chi connectivity index (χ0) is 44.3. The van der Waals surface area contributed by atoms with Crippen molar-refractivity contribution in [1.29, 1.82) is 0 Å². The summed E-state index contributed by atoms with van der Waals surface area (Å²) in [5.41, 5.74) is 0. The molecule has 0 aromatic heterocycles. The Hall–Kier alpha value is -3.07. The number of hydrogen-bond acceptors (Lipinski definition) is 7. The second kappa shape index (κ2) is 41.3. The number of rotatable bonds is 40. The van der Waals surface area contributed by atoms with Crippen LogP contribution < -0.4 is 0 Å². The molecule has 0 saturated carbocycles. The van der Waals surface area contributed by atoms with E-state index in [1.807, 2.05) is 21.1 Å². The third-order valence-corrected chi connectivity index (χ3v) is 10.1. The zero-order valence-corrected chi connectivity index (χ0v) is 39.3. The number of unbranched alkanes of at least 4 members (excludes halogenated alkanes) is 10. The van der Waals surface area contributed by atoms with Gasteiger partial charge in [0, 0.05) is 12.8 Å². The third-order valence-electron chi connectivity index (χ3n) is 9.11. The summed E-state index contributed by atoms with van der Waals surface area (Å²) in [6.45, 7) is 4.13. The molecule has 0 heterocycles. The van der Waals surface area contributed by atoms with Gasteiger partial charge in [-0.2, -0.15) is 0 Å². The summed E-state index contributed by atoms with van der Waals surface area (Å²) in [6.07, 6.45) is 54.5. The first-order valence-electron chi connectivity index (χ1n) is 23.0. The number of phosphoric ester groups is 1. The Morgan fingerprint density at radius 1 is 0.517 bits per heavy atom. The van der Waals surface area contributed by atoms with Gasteiger partial charge >= 0.3 is 19.8 Å². The number of likely N-dealkylation sites (N-methyl/N-ethyl adjacent to an activating group) is 1. The molecule has 0 saturated heterocycles. The van der Waals surface area contributed by atoms with Crippen LogP contribution in [-0.2, 0) is 32.7 Å². The van der Waals surface area contributed by atoms with Crippen LogP contribution >= 0.6 is 7.82 Å². The van der Waals surface area contributed by atoms with E-state index < -0.39 is 32.5 Å². The lowest BCUT2D eigenvalue weighted by molar-refractivity contribution is -0.870. The van der Waals surface area contributed by atoms with Gasteiger partial charge in [0.1, 0.15) is 19.8 Å². The highest BCUT2D eigenvalue weighted by Gasteiger charge is 2.27. The Bertz CT molecular complexity index is 1340. The second-order valence-electron chi connectivity index (χ2n) is 16.0. The van der Waals surface area contributed by atoms with Crippen molar-refractivity contribution in [2.24, 2.45) is 0 Å². The van der Waals surface area contributed by atoms with Crippen molar-refractivity contribution in [3.8, 4) is 0 Å². The summed E-state index contributed by atoms with van der Waals surface area (Å²) >= 11 is 0. The maximum absolute atomic E-state index is 12.7. The van der Waals surface area contributed by atoms with Gasteiger partial charge < -0.3 is 18.9 Å². The average molecular weight is 859 g/mol. The number of allylic oxidation sites excluding steroid dienone is 16. The van der Waals surface area contributed by atoms with Gasteiger partial charge in [0.05, 0.1) is 27.7 Å². The van der Waals surface area contributed by atoms with Crippen LogP contribution in [0.3, 0.4) is 0 Å². The molecule has 0 amide bonds. The van der Waals surface area contributed by atoms with E-state index in [9.17, 15) is 19.0 Å². The quantitative estimate of drug-likeness (QED) is 0.0213. The van der Waals surface area contributed by atoms with Crippen molar-refractivity contribution in [2.75, 3.05) is 47.5 Å². The standard InChI is InChI=1S/C50H84NO8P/c1-6-8-10-12-14-16-18-20-22-24-25-27-29-31-33-35-37-39-41-43-50(53)59-48(47-58-60(54,55)57-45-44-51(3,4)5)46-56-49(52)42-40-38-36-34-32-30-28-26-23-21-19-17-15-13-11-9-7-2/h8-11,14-17,20-23,25,27-28,30,48H,6-7,12-13,18-19,24,26,29,31-47H2,1-5H3/p+1/b10-8-,11-9-,16-14-,17-15-,22-20-,23-21-,27-25-,30-28-. The fourth-order valence-corrected chi connectivity index (χ4v) is 6.32. The van der Waals surface area contributed by atoms with Crippen molar-refractivity contribution in [3.05, 3.63) is 97.2 Å². The van der Waals surface area contributed by atoms with Crippen molar-refractivity contribution in [1.82, 2.24) is 0 Å². The van der Waals surface area contributed by atoms with E-state index in [1.165, 1.54) is 0 Å². The van der Waals surface area contributed by atoms with Crippen LogP contribution in [0.1, 0.15) is 155 Å². The van der Waals surface area contributed by atoms with Crippen LogP contribution in [0.25, 0.3) is 0 Å². The molecule has 0 aromatic carbocycles. The first-order chi connectivity index (χ1) is 29.0. The van der Waals surface area contributed by atoms with Crippen LogP contribution in [0.2, 0.25) is 0 Å². The van der Waals surface area contributed by atoms with Crippen LogP contribution in [0.4, 0.5) is 0 Å². The fraction of sp³-hybridized carbons (Fsp3) is 0.640. The molecule has 0 aliphatic carbocycles. The average Bonchev–Trinajstić information content (AvgIpc) is 3.20. The number of esters is 2. The van der Waals surface area contributed by atoms with Gasteiger partial charge in [-0.15, -0.1) is 0 Å². The van der Waals surface area contributed by atoms with Crippen molar-refractivity contribution in [3.63, 3.8) is 0 Å². The molecule has 342 valence electrons. The van der Waals surface area contributed by atoms with Gasteiger partial charge in [0.15, 0.2) is 6.10 Å². The molecule has 2 unspecified atom stereocenters. The molecular weight excluding hydrogens is 774 g/mol. The third kappa shape index (κ3) is 44.5. The number of carbonyl (C=O) groups is 2. The second-order valence-corrected chi connectivity index (χ2v) is 17.5. The summed E-state index contributed by atoms with van der Waals surface area (Å²) in [5.74, 6) is -0.852. The van der Waals surface area contributed by atoms with Crippen LogP contribution in [0.5, 0.6) is 0 Å². The molecule has 10 heteroatoms. The first-order valence-corrected chi connectivity index (χ1v) is 24.5. The van der Waals surface area contributed by atoms with E-state index in [0.29, 0.717) is 23.9 Å². The highest BCUT2D eigenvalue weighted by atomic mass is 31.2. The van der Waals surface area contributed by atoms with Crippen molar-refractivity contribution in [2.45, 2.75) is 161 Å². The van der Waals surface area contributed by atoms with Crippen molar-refractivity contribution >= 4 is 19.8 Å². The van der Waals surface area contributed by atoms with Crippen LogP contribution in [0, 0.1) is 0 Å². The molecule has 9 nitrogen and oxygen atoms in total. The lowest BCUT2D eigenvalue weighted by atomic mass is 10.1. The number of nitrogens with zero attached hydrogens (tertiary/aromatic N) is 1. The molecule has 0 bridgehead atoms. The number of ether oxygens (including phenoxy) is 2. The smallest absolute Gasteiger partial charge is 0.462 e. The molecule has 60 heavy (non-hydrogen) atoms. The SMILES string of the molecule is CC/C=C\C/C=C\C/C=C\C/C=C\CCCCCCCCC(=O)OC(COC(=O)CCCCCC/C=C\C/C=C\C/C=C\C/C=C\CC)COP(=O)(O)OCC[N+](C)(C)C. The molecule has 2 atom stereocenters. The van der Waals surface area contributed by atoms with Crippen LogP contribution in [-0.4, -0.2) is 74.9 Å². The normalized spacial score (nSPS) is 14.4. The number of quaternary nitrogens is 1. The summed E-state index contributed by atoms with van der Waals surface area (Å²) in [5, 5.41) is 0. The van der Waals surface area contributed by atoms with Gasteiger partial charge in [-0.3, -0.25) is 18.6 Å². The number of carbonyl (C=O) groups excluding carboxylic acids is 2. The molecule has 0 aliphatic rings. The van der Waals surface area contributed by atoms with E-state index in [0.717, 1.165) is 116 Å². The van der Waals surface area contributed by atoms with Gasteiger partial charge in [0.25, 0.3) is 0 Å². The lowest BCUT2D eigenvalue weighted by Gasteiger charge is -2.24. The lowest BCUT2D eigenvalue weighted by Crippen LogP contribution is -2.37. The highest BCUT2D eigenvalue weighted by molar-refractivity contribution is 7.47. The molecular formula is C50H85NO8P+. The van der Waals surface area contributed by atoms with Crippen molar-refractivity contribution < 1.29 is 42.1 Å². The van der Waals surface area contributed by atoms with Gasteiger partial charge in [-0.1, -0.05) is 150 Å². The van der Waals surface area contributed by atoms with E-state index in [2.05, 4.69) is 111 Å². The van der Waals surface area contributed by atoms with Crippen LogP contribution in [0.15, 0.2) is 97.2 Å². The van der Waals surface area contributed by atoms with E-state index in [4.69, 9.17) is 18.5 Å². The van der Waals surface area contributed by atoms with Gasteiger partial charge in [-0.05, 0) is 89.9 Å². The monoisotopic (exact) mass is 859 g/mol. The van der Waals surface area contributed by atoms with E-state index >= 15 is 0 Å². The summed E-state index contributed by atoms with van der Waals surface area (Å²) in [7, 11) is 1.43. The van der Waals surface area contributed by atoms with E-state index in [-0.39, 0.29) is 26.1 Å². The molecule has 0 aliphatic heterocycles.